The Balaban J connectivity index is 2.75. The molecule has 0 amide bonds. The molecule has 0 N–H and O–H groups in total. The summed E-state index contributed by atoms with van der Waals surface area (Å²) >= 11 is 3.41. The zero-order chi connectivity index (χ0) is 11.0. The van der Waals surface area contributed by atoms with Crippen LogP contribution in [0.4, 0.5) is 0 Å². The fraction of sp³-hybridized carbons (Fsp3) is 0.200. The SMILES string of the molecule is COC(=O)c1cc2c(Br)ccnc2n1C. The van der Waals surface area contributed by atoms with E-state index in [-0.39, 0.29) is 5.97 Å². The molecule has 0 atom stereocenters. The molecule has 2 rings (SSSR count). The predicted molar refractivity (Wildman–Crippen MR) is 59.8 cm³/mol. The van der Waals surface area contributed by atoms with Crippen LogP contribution in [-0.2, 0) is 11.8 Å². The second-order valence-electron chi connectivity index (χ2n) is 3.11. The highest BCUT2D eigenvalue weighted by Crippen LogP contribution is 2.24. The third-order valence-electron chi connectivity index (χ3n) is 2.27. The summed E-state index contributed by atoms with van der Waals surface area (Å²) in [5.74, 6) is -0.359. The number of ether oxygens (including phenoxy) is 1. The molecular formula is C10H9BrN2O2. The lowest BCUT2D eigenvalue weighted by Crippen LogP contribution is -2.07. The van der Waals surface area contributed by atoms with E-state index in [0.29, 0.717) is 5.69 Å². The number of carbonyl (C=O) groups excluding carboxylic acids is 1. The maximum Gasteiger partial charge on any atom is 0.354 e. The summed E-state index contributed by atoms with van der Waals surface area (Å²) in [4.78, 5) is 15.6. The smallest absolute Gasteiger partial charge is 0.354 e. The van der Waals surface area contributed by atoms with Crippen molar-refractivity contribution in [2.45, 2.75) is 0 Å². The van der Waals surface area contributed by atoms with E-state index in [4.69, 9.17) is 0 Å². The lowest BCUT2D eigenvalue weighted by atomic mass is 10.3. The molecule has 0 aliphatic heterocycles. The summed E-state index contributed by atoms with van der Waals surface area (Å²) in [6.45, 7) is 0. The summed E-state index contributed by atoms with van der Waals surface area (Å²) in [6.07, 6.45) is 1.69. The summed E-state index contributed by atoms with van der Waals surface area (Å²) in [5, 5.41) is 0.903. The van der Waals surface area contributed by atoms with Crippen molar-refractivity contribution >= 4 is 32.9 Å². The molecule has 78 valence electrons. The number of aryl methyl sites for hydroxylation is 1. The van der Waals surface area contributed by atoms with Crippen LogP contribution in [0, 0.1) is 0 Å². The first-order valence-electron chi connectivity index (χ1n) is 4.33. The van der Waals surface area contributed by atoms with Gasteiger partial charge in [0.25, 0.3) is 0 Å². The molecule has 2 aromatic heterocycles. The van der Waals surface area contributed by atoms with Gasteiger partial charge in [-0.05, 0) is 28.1 Å². The summed E-state index contributed by atoms with van der Waals surface area (Å²) in [7, 11) is 3.15. The van der Waals surface area contributed by atoms with Crippen LogP contribution in [-0.4, -0.2) is 22.6 Å². The zero-order valence-corrected chi connectivity index (χ0v) is 9.91. The monoisotopic (exact) mass is 268 g/mol. The molecule has 0 saturated carbocycles. The van der Waals surface area contributed by atoms with E-state index in [9.17, 15) is 4.79 Å². The van der Waals surface area contributed by atoms with Crippen molar-refractivity contribution in [3.8, 4) is 0 Å². The average Bonchev–Trinajstić information content (AvgIpc) is 2.57. The standard InChI is InChI=1S/C10H9BrN2O2/c1-13-8(10(14)15-2)5-6-7(11)3-4-12-9(6)13/h3-5H,1-2H3. The largest absolute Gasteiger partial charge is 0.464 e. The van der Waals surface area contributed by atoms with Gasteiger partial charge in [-0.2, -0.15) is 0 Å². The Kier molecular flexibility index (Phi) is 2.48. The van der Waals surface area contributed by atoms with Gasteiger partial charge in [-0.25, -0.2) is 9.78 Å². The van der Waals surface area contributed by atoms with Crippen molar-refractivity contribution < 1.29 is 9.53 Å². The quantitative estimate of drug-likeness (QED) is 0.745. The second kappa shape index (κ2) is 3.66. The highest BCUT2D eigenvalue weighted by molar-refractivity contribution is 9.10. The van der Waals surface area contributed by atoms with E-state index in [1.165, 1.54) is 7.11 Å². The molecule has 0 aliphatic carbocycles. The van der Waals surface area contributed by atoms with Gasteiger partial charge in [-0.1, -0.05) is 0 Å². The van der Waals surface area contributed by atoms with E-state index in [1.807, 2.05) is 6.07 Å². The maximum atomic E-state index is 11.4. The minimum Gasteiger partial charge on any atom is -0.464 e. The van der Waals surface area contributed by atoms with Gasteiger partial charge in [0.05, 0.1) is 7.11 Å². The fourth-order valence-electron chi connectivity index (χ4n) is 1.49. The van der Waals surface area contributed by atoms with Gasteiger partial charge in [0.2, 0.25) is 0 Å². The number of nitrogens with zero attached hydrogens (tertiary/aromatic N) is 2. The molecule has 0 aromatic carbocycles. The average molecular weight is 269 g/mol. The second-order valence-corrected chi connectivity index (χ2v) is 3.96. The van der Waals surface area contributed by atoms with Gasteiger partial charge in [0.1, 0.15) is 11.3 Å². The van der Waals surface area contributed by atoms with E-state index < -0.39 is 0 Å². The third kappa shape index (κ3) is 1.52. The van der Waals surface area contributed by atoms with Crippen LogP contribution in [0.25, 0.3) is 11.0 Å². The van der Waals surface area contributed by atoms with Crippen LogP contribution in [0.1, 0.15) is 10.5 Å². The van der Waals surface area contributed by atoms with Gasteiger partial charge in [0.15, 0.2) is 0 Å². The van der Waals surface area contributed by atoms with Crippen molar-refractivity contribution in [3.63, 3.8) is 0 Å². The van der Waals surface area contributed by atoms with Crippen LogP contribution >= 0.6 is 15.9 Å². The van der Waals surface area contributed by atoms with Crippen molar-refractivity contribution in [3.05, 3.63) is 28.5 Å². The Hall–Kier alpha value is -1.36. The number of methoxy groups -OCH3 is 1. The summed E-state index contributed by atoms with van der Waals surface area (Å²) in [5.41, 5.74) is 1.25. The van der Waals surface area contributed by atoms with Gasteiger partial charge < -0.3 is 9.30 Å². The molecule has 0 spiro atoms. The van der Waals surface area contributed by atoms with Crippen molar-refractivity contribution in [1.29, 1.82) is 0 Å². The molecule has 5 heteroatoms. The molecule has 0 radical (unpaired) electrons. The molecule has 0 fully saturated rings. The van der Waals surface area contributed by atoms with Crippen LogP contribution < -0.4 is 0 Å². The van der Waals surface area contributed by atoms with E-state index in [0.717, 1.165) is 15.5 Å². The maximum absolute atomic E-state index is 11.4. The van der Waals surface area contributed by atoms with Crippen molar-refractivity contribution in [2.75, 3.05) is 7.11 Å². The van der Waals surface area contributed by atoms with Crippen LogP contribution in [0.5, 0.6) is 0 Å². The van der Waals surface area contributed by atoms with Gasteiger partial charge in [0, 0.05) is 23.1 Å². The first-order valence-corrected chi connectivity index (χ1v) is 5.12. The Morgan fingerprint density at radius 3 is 2.93 bits per heavy atom. The number of aromatic nitrogens is 2. The van der Waals surface area contributed by atoms with Crippen LogP contribution in [0.15, 0.2) is 22.8 Å². The van der Waals surface area contributed by atoms with Gasteiger partial charge >= 0.3 is 5.97 Å². The third-order valence-corrected chi connectivity index (χ3v) is 2.96. The Morgan fingerprint density at radius 2 is 2.33 bits per heavy atom. The predicted octanol–water partition coefficient (Wildman–Crippen LogP) is 2.12. The molecule has 0 saturated heterocycles. The molecule has 0 bridgehead atoms. The number of esters is 1. The Labute approximate surface area is 95.0 Å². The van der Waals surface area contributed by atoms with E-state index >= 15 is 0 Å². The molecule has 2 aromatic rings. The normalized spacial score (nSPS) is 10.6. The van der Waals surface area contributed by atoms with Crippen molar-refractivity contribution in [1.82, 2.24) is 9.55 Å². The lowest BCUT2D eigenvalue weighted by Gasteiger charge is -2.00. The highest BCUT2D eigenvalue weighted by Gasteiger charge is 2.15. The van der Waals surface area contributed by atoms with Crippen LogP contribution in [0.3, 0.4) is 0 Å². The molecular weight excluding hydrogens is 260 g/mol. The molecule has 2 heterocycles. The highest BCUT2D eigenvalue weighted by atomic mass is 79.9. The van der Waals surface area contributed by atoms with E-state index in [2.05, 4.69) is 25.7 Å². The fourth-order valence-corrected chi connectivity index (χ4v) is 1.90. The van der Waals surface area contributed by atoms with Gasteiger partial charge in [-0.15, -0.1) is 0 Å². The number of hydrogen-bond donors (Lipinski definition) is 0. The Morgan fingerprint density at radius 1 is 1.60 bits per heavy atom. The first kappa shape index (κ1) is 10.2. The summed E-state index contributed by atoms with van der Waals surface area (Å²) < 4.78 is 7.31. The number of rotatable bonds is 1. The number of fused-ring (bicyclic) bond motifs is 1. The minimum absolute atomic E-state index is 0.359. The van der Waals surface area contributed by atoms with Crippen LogP contribution in [0.2, 0.25) is 0 Å². The molecule has 0 aliphatic rings. The van der Waals surface area contributed by atoms with Crippen molar-refractivity contribution in [2.24, 2.45) is 7.05 Å². The number of pyridine rings is 1. The number of hydrogen-bond acceptors (Lipinski definition) is 3. The summed E-state index contributed by atoms with van der Waals surface area (Å²) in [6, 6.07) is 3.60. The number of carbonyl (C=O) groups is 1. The zero-order valence-electron chi connectivity index (χ0n) is 8.32. The molecule has 0 unspecified atom stereocenters. The topological polar surface area (TPSA) is 44.1 Å². The molecule has 4 nitrogen and oxygen atoms in total. The number of halogens is 1. The molecule has 15 heavy (non-hydrogen) atoms. The Bertz CT molecular complexity index is 533. The van der Waals surface area contributed by atoms with Gasteiger partial charge in [-0.3, -0.25) is 0 Å². The minimum atomic E-state index is -0.359. The first-order chi connectivity index (χ1) is 7.15. The van der Waals surface area contributed by atoms with E-state index in [1.54, 1.807) is 23.9 Å². The lowest BCUT2D eigenvalue weighted by molar-refractivity contribution is 0.0590.